The first-order valence-electron chi connectivity index (χ1n) is 5.04. The van der Waals surface area contributed by atoms with E-state index in [9.17, 15) is 4.79 Å². The highest BCUT2D eigenvalue weighted by atomic mass is 16.1. The van der Waals surface area contributed by atoms with Gasteiger partial charge >= 0.3 is 0 Å². The molecule has 0 unspecified atom stereocenters. The quantitative estimate of drug-likeness (QED) is 0.734. The number of rotatable bonds is 1. The van der Waals surface area contributed by atoms with Gasteiger partial charge in [-0.3, -0.25) is 14.6 Å². The predicted molar refractivity (Wildman–Crippen MR) is 58.8 cm³/mol. The van der Waals surface area contributed by atoms with Gasteiger partial charge in [-0.25, -0.2) is 0 Å². The lowest BCUT2D eigenvalue weighted by molar-refractivity contribution is 0.571. The topological polar surface area (TPSA) is 37.8 Å². The molecular formula is C11H20N2O. The maximum atomic E-state index is 11.9. The van der Waals surface area contributed by atoms with Gasteiger partial charge in [0.05, 0.1) is 0 Å². The monoisotopic (exact) mass is 196 g/mol. The summed E-state index contributed by atoms with van der Waals surface area (Å²) in [6.07, 6.45) is 0. The van der Waals surface area contributed by atoms with Gasteiger partial charge in [0.2, 0.25) is 0 Å². The van der Waals surface area contributed by atoms with Gasteiger partial charge < -0.3 is 0 Å². The number of H-pyrrole nitrogens is 1. The Hall–Kier alpha value is -0.990. The van der Waals surface area contributed by atoms with Gasteiger partial charge in [-0.1, -0.05) is 34.6 Å². The number of nitrogens with one attached hydrogen (secondary N) is 1. The van der Waals surface area contributed by atoms with Crippen molar-refractivity contribution in [1.29, 1.82) is 0 Å². The van der Waals surface area contributed by atoms with Gasteiger partial charge in [0, 0.05) is 18.3 Å². The summed E-state index contributed by atoms with van der Waals surface area (Å²) in [6.45, 7) is 10.4. The Kier molecular flexibility index (Phi) is 2.61. The molecule has 0 atom stereocenters. The lowest BCUT2D eigenvalue weighted by atomic mass is 9.85. The molecule has 0 aliphatic heterocycles. The van der Waals surface area contributed by atoms with Crippen LogP contribution in [0.5, 0.6) is 0 Å². The highest BCUT2D eigenvalue weighted by molar-refractivity contribution is 5.27. The van der Waals surface area contributed by atoms with Crippen LogP contribution in [0.3, 0.4) is 0 Å². The zero-order chi connectivity index (χ0) is 11.1. The van der Waals surface area contributed by atoms with Crippen molar-refractivity contribution in [1.82, 2.24) is 9.78 Å². The second kappa shape index (κ2) is 3.30. The van der Waals surface area contributed by atoms with Gasteiger partial charge in [0.1, 0.15) is 0 Å². The van der Waals surface area contributed by atoms with Crippen LogP contribution in [0.4, 0.5) is 0 Å². The van der Waals surface area contributed by atoms with Crippen LogP contribution in [0, 0.1) is 0 Å². The van der Waals surface area contributed by atoms with Crippen molar-refractivity contribution in [3.8, 4) is 0 Å². The Morgan fingerprint density at radius 3 is 2.07 bits per heavy atom. The summed E-state index contributed by atoms with van der Waals surface area (Å²) in [6, 6.07) is 0. The average Bonchev–Trinajstić information content (AvgIpc) is 2.27. The Labute approximate surface area is 85.1 Å². The van der Waals surface area contributed by atoms with Gasteiger partial charge in [-0.2, -0.15) is 0 Å². The summed E-state index contributed by atoms with van der Waals surface area (Å²) >= 11 is 0. The van der Waals surface area contributed by atoms with Crippen LogP contribution in [0.2, 0.25) is 0 Å². The maximum absolute atomic E-state index is 11.9. The van der Waals surface area contributed by atoms with Gasteiger partial charge in [-0.15, -0.1) is 0 Å². The number of nitrogens with zero attached hydrogens (tertiary/aromatic N) is 1. The van der Waals surface area contributed by atoms with E-state index < -0.39 is 0 Å². The molecule has 1 N–H and O–H groups in total. The second-order valence-electron chi connectivity index (χ2n) is 5.17. The molecule has 1 rings (SSSR count). The molecule has 0 fully saturated rings. The van der Waals surface area contributed by atoms with Crippen LogP contribution < -0.4 is 5.56 Å². The molecule has 0 spiro atoms. The molecular weight excluding hydrogens is 176 g/mol. The van der Waals surface area contributed by atoms with Gasteiger partial charge in [0.15, 0.2) is 0 Å². The molecule has 0 aliphatic carbocycles. The Balaban J connectivity index is 3.47. The first-order valence-corrected chi connectivity index (χ1v) is 5.04. The SMILES string of the molecule is CC(C)c1[nH]n(C)c(=O)c1C(C)(C)C. The molecule has 14 heavy (non-hydrogen) atoms. The molecule has 3 nitrogen and oxygen atoms in total. The highest BCUT2D eigenvalue weighted by Crippen LogP contribution is 2.26. The minimum atomic E-state index is -0.0888. The molecule has 0 saturated carbocycles. The third-order valence-corrected chi connectivity index (χ3v) is 2.40. The third-order valence-electron chi connectivity index (χ3n) is 2.40. The van der Waals surface area contributed by atoms with Crippen molar-refractivity contribution in [3.63, 3.8) is 0 Å². The number of aromatic amines is 1. The molecule has 0 aliphatic rings. The molecule has 0 radical (unpaired) electrons. The third kappa shape index (κ3) is 1.76. The first-order chi connectivity index (χ1) is 6.25. The normalized spacial score (nSPS) is 12.5. The van der Waals surface area contributed by atoms with Crippen molar-refractivity contribution >= 4 is 0 Å². The standard InChI is InChI=1S/C11H20N2O/c1-7(2)9-8(11(3,4)5)10(14)13(6)12-9/h7,12H,1-6H3. The lowest BCUT2D eigenvalue weighted by Crippen LogP contribution is -2.25. The minimum Gasteiger partial charge on any atom is -0.299 e. The number of aromatic nitrogens is 2. The molecule has 0 amide bonds. The van der Waals surface area contributed by atoms with Crippen LogP contribution in [-0.4, -0.2) is 9.78 Å². The van der Waals surface area contributed by atoms with E-state index in [1.807, 2.05) is 0 Å². The van der Waals surface area contributed by atoms with Crippen LogP contribution in [0.25, 0.3) is 0 Å². The zero-order valence-electron chi connectivity index (χ0n) is 9.93. The molecule has 0 saturated heterocycles. The lowest BCUT2D eigenvalue weighted by Gasteiger charge is -2.18. The van der Waals surface area contributed by atoms with Gasteiger partial charge in [-0.05, 0) is 11.3 Å². The number of hydrogen-bond donors (Lipinski definition) is 1. The number of aryl methyl sites for hydroxylation is 1. The fourth-order valence-electron chi connectivity index (χ4n) is 1.71. The molecule has 1 heterocycles. The van der Waals surface area contributed by atoms with Crippen molar-refractivity contribution in [2.24, 2.45) is 7.05 Å². The van der Waals surface area contributed by atoms with E-state index in [-0.39, 0.29) is 11.0 Å². The van der Waals surface area contributed by atoms with Crippen LogP contribution >= 0.6 is 0 Å². The molecule has 0 bridgehead atoms. The van der Waals surface area contributed by atoms with E-state index in [4.69, 9.17) is 0 Å². The fraction of sp³-hybridized carbons (Fsp3) is 0.727. The van der Waals surface area contributed by atoms with E-state index in [1.54, 1.807) is 11.7 Å². The molecule has 1 aromatic rings. The van der Waals surface area contributed by atoms with Gasteiger partial charge in [0.25, 0.3) is 5.56 Å². The molecule has 0 aromatic carbocycles. The van der Waals surface area contributed by atoms with E-state index in [1.165, 1.54) is 0 Å². The Morgan fingerprint density at radius 2 is 1.79 bits per heavy atom. The molecule has 3 heteroatoms. The predicted octanol–water partition coefficient (Wildman–Crippen LogP) is 2.13. The van der Waals surface area contributed by atoms with Crippen molar-refractivity contribution in [3.05, 3.63) is 21.6 Å². The average molecular weight is 196 g/mol. The molecule has 1 aromatic heterocycles. The molecule has 80 valence electrons. The highest BCUT2D eigenvalue weighted by Gasteiger charge is 2.25. The zero-order valence-corrected chi connectivity index (χ0v) is 9.93. The summed E-state index contributed by atoms with van der Waals surface area (Å²) in [4.78, 5) is 11.9. The summed E-state index contributed by atoms with van der Waals surface area (Å²) in [5.41, 5.74) is 1.98. The summed E-state index contributed by atoms with van der Waals surface area (Å²) < 4.78 is 1.57. The van der Waals surface area contributed by atoms with E-state index in [2.05, 4.69) is 39.7 Å². The first kappa shape index (κ1) is 11.1. The Bertz CT molecular complexity index is 377. The second-order valence-corrected chi connectivity index (χ2v) is 5.17. The largest absolute Gasteiger partial charge is 0.299 e. The van der Waals surface area contributed by atoms with Crippen LogP contribution in [0.15, 0.2) is 4.79 Å². The summed E-state index contributed by atoms with van der Waals surface area (Å²) in [7, 11) is 1.77. The van der Waals surface area contributed by atoms with Crippen molar-refractivity contribution in [2.45, 2.75) is 46.0 Å². The maximum Gasteiger partial charge on any atom is 0.270 e. The summed E-state index contributed by atoms with van der Waals surface area (Å²) in [5, 5.41) is 3.12. The smallest absolute Gasteiger partial charge is 0.270 e. The van der Waals surface area contributed by atoms with E-state index in [0.717, 1.165) is 11.3 Å². The van der Waals surface area contributed by atoms with E-state index >= 15 is 0 Å². The van der Waals surface area contributed by atoms with Crippen molar-refractivity contribution in [2.75, 3.05) is 0 Å². The van der Waals surface area contributed by atoms with Crippen LogP contribution in [0.1, 0.15) is 51.8 Å². The van der Waals surface area contributed by atoms with E-state index in [0.29, 0.717) is 5.92 Å². The minimum absolute atomic E-state index is 0.0888. The number of hydrogen-bond acceptors (Lipinski definition) is 1. The summed E-state index contributed by atoms with van der Waals surface area (Å²) in [5.74, 6) is 0.359. The van der Waals surface area contributed by atoms with Crippen LogP contribution in [-0.2, 0) is 12.5 Å². The fourth-order valence-corrected chi connectivity index (χ4v) is 1.71. The van der Waals surface area contributed by atoms with Crippen molar-refractivity contribution < 1.29 is 0 Å². The Morgan fingerprint density at radius 1 is 1.29 bits per heavy atom.